The van der Waals surface area contributed by atoms with Gasteiger partial charge in [0.25, 0.3) is 11.8 Å². The van der Waals surface area contributed by atoms with Gasteiger partial charge in [0.2, 0.25) is 5.91 Å². The van der Waals surface area contributed by atoms with E-state index in [0.29, 0.717) is 34.4 Å². The number of rotatable bonds is 10. The van der Waals surface area contributed by atoms with Gasteiger partial charge in [0.05, 0.1) is 16.1 Å². The van der Waals surface area contributed by atoms with Crippen LogP contribution in [0.4, 0.5) is 0 Å². The minimum Gasteiger partial charge on any atom is -0.339 e. The van der Waals surface area contributed by atoms with Gasteiger partial charge >= 0.3 is 5.97 Å². The van der Waals surface area contributed by atoms with Crippen molar-refractivity contribution < 1.29 is 24.0 Å². The van der Waals surface area contributed by atoms with Crippen LogP contribution in [0.15, 0.2) is 42.5 Å². The molecule has 1 aliphatic heterocycles. The fraction of sp³-hybridized carbons (Fsp3) is 0.429. The van der Waals surface area contributed by atoms with E-state index >= 15 is 0 Å². The van der Waals surface area contributed by atoms with E-state index in [0.717, 1.165) is 30.4 Å². The Morgan fingerprint density at radius 2 is 1.57 bits per heavy atom. The lowest BCUT2D eigenvalue weighted by molar-refractivity contribution is -0.197. The molecule has 1 fully saturated rings. The predicted molar refractivity (Wildman–Crippen MR) is 140 cm³/mol. The van der Waals surface area contributed by atoms with Gasteiger partial charge in [-0.2, -0.15) is 0 Å². The van der Waals surface area contributed by atoms with E-state index in [9.17, 15) is 19.2 Å². The smallest absolute Gasteiger partial charge is 0.333 e. The van der Waals surface area contributed by atoms with Crippen LogP contribution < -0.4 is 0 Å². The second kappa shape index (κ2) is 12.1. The molecule has 4 rings (SSSR count). The van der Waals surface area contributed by atoms with Crippen molar-refractivity contribution in [2.75, 3.05) is 7.05 Å². The number of imide groups is 1. The number of nitrogens with zero attached hydrogens (tertiary/aromatic N) is 2. The van der Waals surface area contributed by atoms with Crippen LogP contribution >= 0.6 is 23.2 Å². The van der Waals surface area contributed by atoms with E-state index < -0.39 is 17.8 Å². The zero-order chi connectivity index (χ0) is 26.5. The van der Waals surface area contributed by atoms with E-state index in [1.165, 1.54) is 5.56 Å². The lowest BCUT2D eigenvalue weighted by atomic mass is 9.93. The number of hydroxylamine groups is 2. The molecule has 2 atom stereocenters. The summed E-state index contributed by atoms with van der Waals surface area (Å²) in [6.45, 7) is 0. The third-order valence-corrected chi connectivity index (χ3v) is 7.86. The van der Waals surface area contributed by atoms with E-state index in [2.05, 4.69) is 12.1 Å². The van der Waals surface area contributed by atoms with Gasteiger partial charge in [0, 0.05) is 38.6 Å². The third kappa shape index (κ3) is 6.33. The summed E-state index contributed by atoms with van der Waals surface area (Å²) >= 11 is 12.4. The highest BCUT2D eigenvalue weighted by Gasteiger charge is 2.36. The normalized spacial score (nSPS) is 18.7. The first kappa shape index (κ1) is 27.1. The summed E-state index contributed by atoms with van der Waals surface area (Å²) < 4.78 is 0. The Balaban J connectivity index is 1.23. The van der Waals surface area contributed by atoms with Crippen molar-refractivity contribution in [2.45, 2.75) is 69.7 Å². The number of unbranched alkanes of at least 4 members (excludes halogenated alkanes) is 3. The summed E-state index contributed by atoms with van der Waals surface area (Å²) in [5, 5.41) is 1.62. The maximum Gasteiger partial charge on any atom is 0.333 e. The molecule has 0 radical (unpaired) electrons. The maximum atomic E-state index is 13.0. The Morgan fingerprint density at radius 1 is 0.919 bits per heavy atom. The number of carbonyl (C=O) groups excluding carboxylic acids is 4. The number of fused-ring (bicyclic) bond motifs is 1. The van der Waals surface area contributed by atoms with Crippen LogP contribution in [-0.2, 0) is 24.0 Å². The molecule has 0 saturated carbocycles. The predicted octanol–water partition coefficient (Wildman–Crippen LogP) is 5.98. The SMILES string of the molecule is CN(C(=O)CCCCCCC(=O)ON1C(=O)CCC1=O)[C@@H]1C[C@@H](c2ccc(Cl)c(Cl)c2)c2ccccc21. The van der Waals surface area contributed by atoms with Gasteiger partial charge in [-0.05, 0) is 48.1 Å². The Morgan fingerprint density at radius 3 is 2.24 bits per heavy atom. The first-order valence-corrected chi connectivity index (χ1v) is 13.4. The average Bonchev–Trinajstić information content (AvgIpc) is 3.42. The van der Waals surface area contributed by atoms with Crippen molar-refractivity contribution in [3.8, 4) is 0 Å². The topological polar surface area (TPSA) is 84.0 Å². The van der Waals surface area contributed by atoms with Crippen LogP contribution in [0.1, 0.15) is 86.4 Å². The van der Waals surface area contributed by atoms with Crippen molar-refractivity contribution in [3.05, 3.63) is 69.2 Å². The fourth-order valence-electron chi connectivity index (χ4n) is 5.08. The summed E-state index contributed by atoms with van der Waals surface area (Å²) in [6.07, 6.45) is 4.32. The first-order valence-electron chi connectivity index (χ1n) is 12.6. The number of hydrogen-bond donors (Lipinski definition) is 0. The maximum absolute atomic E-state index is 13.0. The van der Waals surface area contributed by atoms with Gasteiger partial charge in [0.1, 0.15) is 0 Å². The minimum atomic E-state index is -0.587. The molecule has 1 saturated heterocycles. The quantitative estimate of drug-likeness (QED) is 0.271. The Bertz CT molecular complexity index is 1180. The molecule has 0 unspecified atom stereocenters. The van der Waals surface area contributed by atoms with Crippen LogP contribution in [0.3, 0.4) is 0 Å². The fourth-order valence-corrected chi connectivity index (χ4v) is 5.38. The van der Waals surface area contributed by atoms with E-state index in [4.69, 9.17) is 28.0 Å². The van der Waals surface area contributed by atoms with Gasteiger partial charge in [-0.25, -0.2) is 4.79 Å². The Kier molecular flexibility index (Phi) is 8.87. The molecule has 0 aromatic heterocycles. The van der Waals surface area contributed by atoms with Crippen molar-refractivity contribution >= 4 is 46.9 Å². The second-order valence-electron chi connectivity index (χ2n) is 9.57. The lowest BCUT2D eigenvalue weighted by Crippen LogP contribution is -2.31. The van der Waals surface area contributed by atoms with Gasteiger partial charge in [-0.1, -0.05) is 66.4 Å². The highest BCUT2D eigenvalue weighted by atomic mass is 35.5. The van der Waals surface area contributed by atoms with Gasteiger partial charge in [-0.3, -0.25) is 14.4 Å². The molecule has 0 N–H and O–H groups in total. The first-order chi connectivity index (χ1) is 17.8. The van der Waals surface area contributed by atoms with Crippen molar-refractivity contribution in [3.63, 3.8) is 0 Å². The molecule has 2 aliphatic rings. The van der Waals surface area contributed by atoms with Crippen molar-refractivity contribution in [2.24, 2.45) is 0 Å². The van der Waals surface area contributed by atoms with Crippen LogP contribution in [0, 0.1) is 0 Å². The molecule has 9 heteroatoms. The number of benzene rings is 2. The number of hydrogen-bond acceptors (Lipinski definition) is 5. The van der Waals surface area contributed by atoms with Crippen LogP contribution in [-0.4, -0.2) is 40.7 Å². The third-order valence-electron chi connectivity index (χ3n) is 7.12. The highest BCUT2D eigenvalue weighted by molar-refractivity contribution is 6.42. The number of amides is 3. The summed E-state index contributed by atoms with van der Waals surface area (Å²) in [4.78, 5) is 54.7. The van der Waals surface area contributed by atoms with Crippen molar-refractivity contribution in [1.29, 1.82) is 0 Å². The standard InChI is InChI=1S/C28H30Cl2N2O5/c1-31(25(33)10-4-2-3-5-11-28(36)37-32-26(34)14-15-27(32)35)24-17-21(19-8-6-7-9-20(19)24)18-12-13-22(29)23(30)16-18/h6-9,12-13,16,21,24H,2-5,10-11,14-15,17H2,1H3/t21-,24+/m0/s1. The molecule has 2 aromatic rings. The lowest BCUT2D eigenvalue weighted by Gasteiger charge is -2.26. The molecular weight excluding hydrogens is 515 g/mol. The summed E-state index contributed by atoms with van der Waals surface area (Å²) in [6, 6.07) is 13.9. The molecule has 1 heterocycles. The summed E-state index contributed by atoms with van der Waals surface area (Å²) in [5.41, 5.74) is 3.44. The molecule has 3 amide bonds. The average molecular weight is 545 g/mol. The molecule has 2 aromatic carbocycles. The number of carbonyl (C=O) groups is 4. The zero-order valence-corrected chi connectivity index (χ0v) is 22.3. The van der Waals surface area contributed by atoms with Crippen molar-refractivity contribution in [1.82, 2.24) is 9.96 Å². The van der Waals surface area contributed by atoms with E-state index in [-0.39, 0.29) is 37.1 Å². The molecule has 0 spiro atoms. The van der Waals surface area contributed by atoms with E-state index in [1.807, 2.05) is 42.3 Å². The molecule has 1 aliphatic carbocycles. The molecule has 37 heavy (non-hydrogen) atoms. The Labute approximate surface area is 226 Å². The van der Waals surface area contributed by atoms with Gasteiger partial charge < -0.3 is 9.74 Å². The monoisotopic (exact) mass is 544 g/mol. The number of halogens is 2. The molecule has 0 bridgehead atoms. The largest absolute Gasteiger partial charge is 0.339 e. The zero-order valence-electron chi connectivity index (χ0n) is 20.8. The van der Waals surface area contributed by atoms with Gasteiger partial charge in [0.15, 0.2) is 0 Å². The molecule has 7 nitrogen and oxygen atoms in total. The molecular formula is C28H30Cl2N2O5. The Hall–Kier alpha value is -2.90. The van der Waals surface area contributed by atoms with Crippen LogP contribution in [0.5, 0.6) is 0 Å². The van der Waals surface area contributed by atoms with E-state index in [1.54, 1.807) is 0 Å². The minimum absolute atomic E-state index is 0.0195. The summed E-state index contributed by atoms with van der Waals surface area (Å²) in [5.74, 6) is -1.32. The molecule has 196 valence electrons. The van der Waals surface area contributed by atoms with Gasteiger partial charge in [-0.15, -0.1) is 5.06 Å². The van der Waals surface area contributed by atoms with Crippen LogP contribution in [0.2, 0.25) is 10.0 Å². The summed E-state index contributed by atoms with van der Waals surface area (Å²) in [7, 11) is 1.86. The second-order valence-corrected chi connectivity index (χ2v) is 10.4. The van der Waals surface area contributed by atoms with Crippen LogP contribution in [0.25, 0.3) is 0 Å². The highest BCUT2D eigenvalue weighted by Crippen LogP contribution is 2.47.